The molecule has 0 aliphatic rings. The molecule has 98 valence electrons. The van der Waals surface area contributed by atoms with E-state index in [-0.39, 0.29) is 6.61 Å². The van der Waals surface area contributed by atoms with Crippen LogP contribution in [0.2, 0.25) is 0 Å². The number of benzene rings is 1. The molecule has 0 aliphatic carbocycles. The molecule has 0 radical (unpaired) electrons. The number of nitrogens with zero attached hydrogens (tertiary/aromatic N) is 2. The fourth-order valence-electron chi connectivity index (χ4n) is 2.08. The van der Waals surface area contributed by atoms with Gasteiger partial charge in [0.1, 0.15) is 5.82 Å². The molecule has 0 atom stereocenters. The Bertz CT molecular complexity index is 549. The Kier molecular flexibility index (Phi) is 3.72. The third-order valence-corrected chi connectivity index (χ3v) is 2.98. The van der Waals surface area contributed by atoms with E-state index in [0.717, 1.165) is 23.4 Å². The van der Waals surface area contributed by atoms with Gasteiger partial charge in [-0.1, -0.05) is 0 Å². The largest absolute Gasteiger partial charge is 0.493 e. The topological polar surface area (TPSA) is 56.5 Å². The zero-order valence-corrected chi connectivity index (χ0v) is 10.9. The Balaban J connectivity index is 2.55. The number of methoxy groups -OCH3 is 2. The van der Waals surface area contributed by atoms with Crippen LogP contribution >= 0.6 is 0 Å². The summed E-state index contributed by atoms with van der Waals surface area (Å²) in [6, 6.07) is 3.79. The van der Waals surface area contributed by atoms with Crippen molar-refractivity contribution in [3.05, 3.63) is 18.0 Å². The van der Waals surface area contributed by atoms with E-state index in [4.69, 9.17) is 14.6 Å². The molecule has 1 heterocycles. The molecule has 18 heavy (non-hydrogen) atoms. The summed E-state index contributed by atoms with van der Waals surface area (Å²) in [6.07, 6.45) is 0.709. The van der Waals surface area contributed by atoms with E-state index in [1.165, 1.54) is 0 Å². The highest BCUT2D eigenvalue weighted by Gasteiger charge is 2.12. The summed E-state index contributed by atoms with van der Waals surface area (Å²) in [5, 5.41) is 8.93. The first-order valence-corrected chi connectivity index (χ1v) is 5.91. The SMILES string of the molecule is COc1cc2nc(C)n(CCCO)c2cc1OC. The van der Waals surface area contributed by atoms with Crippen molar-refractivity contribution in [3.63, 3.8) is 0 Å². The predicted molar refractivity (Wildman–Crippen MR) is 69.3 cm³/mol. The van der Waals surface area contributed by atoms with Crippen LogP contribution in [0.25, 0.3) is 11.0 Å². The molecule has 5 heteroatoms. The van der Waals surface area contributed by atoms with Crippen LogP contribution < -0.4 is 9.47 Å². The number of hydrogen-bond acceptors (Lipinski definition) is 4. The lowest BCUT2D eigenvalue weighted by Gasteiger charge is -2.09. The first-order valence-electron chi connectivity index (χ1n) is 5.91. The second-order valence-electron chi connectivity index (χ2n) is 4.08. The van der Waals surface area contributed by atoms with E-state index >= 15 is 0 Å². The first-order chi connectivity index (χ1) is 8.71. The molecule has 5 nitrogen and oxygen atoms in total. The number of ether oxygens (including phenoxy) is 2. The van der Waals surface area contributed by atoms with Gasteiger partial charge in [0.05, 0.1) is 25.3 Å². The van der Waals surface area contributed by atoms with Gasteiger partial charge >= 0.3 is 0 Å². The van der Waals surface area contributed by atoms with Crippen LogP contribution in [0.4, 0.5) is 0 Å². The van der Waals surface area contributed by atoms with Gasteiger partial charge in [-0.15, -0.1) is 0 Å². The zero-order valence-electron chi connectivity index (χ0n) is 10.9. The Labute approximate surface area is 106 Å². The van der Waals surface area contributed by atoms with Gasteiger partial charge in [0, 0.05) is 25.3 Å². The van der Waals surface area contributed by atoms with Gasteiger partial charge in [-0.2, -0.15) is 0 Å². The number of imidazole rings is 1. The molecule has 0 saturated carbocycles. The van der Waals surface area contributed by atoms with Crippen molar-refractivity contribution in [2.24, 2.45) is 0 Å². The van der Waals surface area contributed by atoms with Gasteiger partial charge in [0.25, 0.3) is 0 Å². The Morgan fingerprint density at radius 1 is 1.22 bits per heavy atom. The number of rotatable bonds is 5. The van der Waals surface area contributed by atoms with Crippen molar-refractivity contribution in [1.82, 2.24) is 9.55 Å². The average Bonchev–Trinajstić information content (AvgIpc) is 2.69. The van der Waals surface area contributed by atoms with Gasteiger partial charge in [-0.25, -0.2) is 4.98 Å². The minimum Gasteiger partial charge on any atom is -0.493 e. The Morgan fingerprint density at radius 3 is 2.50 bits per heavy atom. The highest BCUT2D eigenvalue weighted by atomic mass is 16.5. The van der Waals surface area contributed by atoms with Gasteiger partial charge in [0.15, 0.2) is 11.5 Å². The van der Waals surface area contributed by atoms with Crippen molar-refractivity contribution in [3.8, 4) is 11.5 Å². The second-order valence-corrected chi connectivity index (χ2v) is 4.08. The number of aromatic nitrogens is 2. The van der Waals surface area contributed by atoms with Gasteiger partial charge < -0.3 is 19.1 Å². The van der Waals surface area contributed by atoms with E-state index in [2.05, 4.69) is 9.55 Å². The number of aryl methyl sites for hydroxylation is 2. The smallest absolute Gasteiger partial charge is 0.163 e. The quantitative estimate of drug-likeness (QED) is 0.878. The second kappa shape index (κ2) is 5.27. The molecule has 1 aromatic heterocycles. The van der Waals surface area contributed by atoms with Crippen LogP contribution in [0.5, 0.6) is 11.5 Å². The van der Waals surface area contributed by atoms with Gasteiger partial charge in [-0.05, 0) is 13.3 Å². The van der Waals surface area contributed by atoms with Crippen LogP contribution in [0.3, 0.4) is 0 Å². The molecule has 0 saturated heterocycles. The molecular formula is C13H18N2O3. The lowest BCUT2D eigenvalue weighted by molar-refractivity contribution is 0.280. The normalized spacial score (nSPS) is 10.9. The van der Waals surface area contributed by atoms with Crippen LogP contribution in [0.1, 0.15) is 12.2 Å². The number of aliphatic hydroxyl groups excluding tert-OH is 1. The fourth-order valence-corrected chi connectivity index (χ4v) is 2.08. The molecule has 0 aliphatic heterocycles. The minimum atomic E-state index is 0.173. The lowest BCUT2D eigenvalue weighted by Crippen LogP contribution is -2.02. The number of aliphatic hydroxyl groups is 1. The number of hydrogen-bond donors (Lipinski definition) is 1. The monoisotopic (exact) mass is 250 g/mol. The molecule has 0 amide bonds. The minimum absolute atomic E-state index is 0.173. The van der Waals surface area contributed by atoms with E-state index < -0.39 is 0 Å². The first kappa shape index (κ1) is 12.7. The fraction of sp³-hybridized carbons (Fsp3) is 0.462. The van der Waals surface area contributed by atoms with Crippen molar-refractivity contribution < 1.29 is 14.6 Å². The summed E-state index contributed by atoms with van der Waals surface area (Å²) in [5.41, 5.74) is 1.88. The molecule has 0 spiro atoms. The molecule has 2 aromatic rings. The van der Waals surface area contributed by atoms with Gasteiger partial charge in [0.2, 0.25) is 0 Å². The average molecular weight is 250 g/mol. The van der Waals surface area contributed by atoms with E-state index in [0.29, 0.717) is 17.9 Å². The standard InChI is InChI=1S/C13H18N2O3/c1-9-14-10-7-12(17-2)13(18-3)8-11(10)15(9)5-4-6-16/h7-8,16H,4-6H2,1-3H3. The van der Waals surface area contributed by atoms with Crippen LogP contribution in [-0.2, 0) is 6.54 Å². The Hall–Kier alpha value is -1.75. The molecule has 1 N–H and O–H groups in total. The molecule has 0 fully saturated rings. The molecule has 0 unspecified atom stereocenters. The summed E-state index contributed by atoms with van der Waals surface area (Å²) >= 11 is 0. The summed E-state index contributed by atoms with van der Waals surface area (Å²) < 4.78 is 12.6. The summed E-state index contributed by atoms with van der Waals surface area (Å²) in [6.45, 7) is 2.87. The van der Waals surface area contributed by atoms with Gasteiger partial charge in [-0.3, -0.25) is 0 Å². The predicted octanol–water partition coefficient (Wildman–Crippen LogP) is 1.74. The molecular weight excluding hydrogens is 232 g/mol. The highest BCUT2D eigenvalue weighted by molar-refractivity contribution is 5.80. The lowest BCUT2D eigenvalue weighted by atomic mass is 10.2. The van der Waals surface area contributed by atoms with Crippen LogP contribution in [0.15, 0.2) is 12.1 Å². The molecule has 1 aromatic carbocycles. The van der Waals surface area contributed by atoms with Crippen molar-refractivity contribution in [1.29, 1.82) is 0 Å². The van der Waals surface area contributed by atoms with Crippen molar-refractivity contribution in [2.45, 2.75) is 19.9 Å². The van der Waals surface area contributed by atoms with Crippen molar-refractivity contribution in [2.75, 3.05) is 20.8 Å². The van der Waals surface area contributed by atoms with Crippen LogP contribution in [0, 0.1) is 6.92 Å². The molecule has 0 bridgehead atoms. The van der Waals surface area contributed by atoms with Crippen LogP contribution in [-0.4, -0.2) is 35.5 Å². The maximum atomic E-state index is 8.93. The number of fused-ring (bicyclic) bond motifs is 1. The van der Waals surface area contributed by atoms with E-state index in [9.17, 15) is 0 Å². The summed E-state index contributed by atoms with van der Waals surface area (Å²) in [7, 11) is 3.23. The summed E-state index contributed by atoms with van der Waals surface area (Å²) in [4.78, 5) is 4.50. The zero-order chi connectivity index (χ0) is 13.1. The third kappa shape index (κ3) is 2.13. The van der Waals surface area contributed by atoms with E-state index in [1.807, 2.05) is 19.1 Å². The highest BCUT2D eigenvalue weighted by Crippen LogP contribution is 2.32. The maximum Gasteiger partial charge on any atom is 0.163 e. The third-order valence-electron chi connectivity index (χ3n) is 2.98. The maximum absolute atomic E-state index is 8.93. The van der Waals surface area contributed by atoms with Crippen molar-refractivity contribution >= 4 is 11.0 Å². The van der Waals surface area contributed by atoms with E-state index in [1.54, 1.807) is 14.2 Å². The summed E-state index contributed by atoms with van der Waals surface area (Å²) in [5.74, 6) is 2.29. The molecule has 2 rings (SSSR count). The Morgan fingerprint density at radius 2 is 1.89 bits per heavy atom.